The molecule has 0 spiro atoms. The largest absolute Gasteiger partial charge is 0.381 e. The Bertz CT molecular complexity index is 206. The molecule has 0 atom stereocenters. The Kier molecular flexibility index (Phi) is 7.96. The van der Waals surface area contributed by atoms with Crippen LogP contribution in [0.5, 0.6) is 0 Å². The summed E-state index contributed by atoms with van der Waals surface area (Å²) in [6.45, 7) is 3.40. The molecule has 0 aromatic heterocycles. The summed E-state index contributed by atoms with van der Waals surface area (Å²) in [5, 5.41) is 0. The molecule has 0 radical (unpaired) electrons. The van der Waals surface area contributed by atoms with Crippen molar-refractivity contribution >= 4 is 5.91 Å². The zero-order valence-electron chi connectivity index (χ0n) is 10.5. The summed E-state index contributed by atoms with van der Waals surface area (Å²) in [4.78, 5) is 10.8. The number of carbonyl (C=O) groups excluding carboxylic acids is 1. The molecule has 0 saturated carbocycles. The highest BCUT2D eigenvalue weighted by Gasteiger charge is 2.13. The van der Waals surface area contributed by atoms with E-state index in [1.54, 1.807) is 0 Å². The highest BCUT2D eigenvalue weighted by Crippen LogP contribution is 2.14. The third kappa shape index (κ3) is 7.31. The summed E-state index contributed by atoms with van der Waals surface area (Å²) in [5.74, 6) is 5.57. The summed E-state index contributed by atoms with van der Waals surface area (Å²) < 4.78 is 10.9. The topological polar surface area (TPSA) is 73.6 Å². The predicted molar refractivity (Wildman–Crippen MR) is 65.2 cm³/mol. The molecule has 1 saturated heterocycles. The van der Waals surface area contributed by atoms with Gasteiger partial charge in [0.25, 0.3) is 0 Å². The van der Waals surface area contributed by atoms with Crippen LogP contribution < -0.4 is 11.3 Å². The minimum absolute atomic E-state index is 0.0897. The van der Waals surface area contributed by atoms with Crippen LogP contribution in [-0.2, 0) is 14.3 Å². The summed E-state index contributed by atoms with van der Waals surface area (Å²) in [5.41, 5.74) is 2.13. The van der Waals surface area contributed by atoms with Crippen LogP contribution in [-0.4, -0.2) is 32.3 Å². The van der Waals surface area contributed by atoms with Gasteiger partial charge in [-0.1, -0.05) is 6.42 Å². The molecule has 1 amide bonds. The van der Waals surface area contributed by atoms with Gasteiger partial charge in [-0.15, -0.1) is 0 Å². The Balaban J connectivity index is 1.82. The number of ether oxygens (including phenoxy) is 2. The predicted octanol–water partition coefficient (Wildman–Crippen LogP) is 0.980. The molecule has 3 N–H and O–H groups in total. The molecule has 0 aliphatic carbocycles. The van der Waals surface area contributed by atoms with Crippen LogP contribution in [0.3, 0.4) is 0 Å². The van der Waals surface area contributed by atoms with E-state index in [0.29, 0.717) is 12.3 Å². The van der Waals surface area contributed by atoms with E-state index >= 15 is 0 Å². The van der Waals surface area contributed by atoms with Gasteiger partial charge in [-0.25, -0.2) is 5.84 Å². The standard InChI is InChI=1S/C12H24N2O3/c13-14-12(15)4-2-1-3-7-17-10-11-5-8-16-9-6-11/h11H,1-10,13H2,(H,14,15). The normalized spacial score (nSPS) is 17.0. The average molecular weight is 244 g/mol. The molecular weight excluding hydrogens is 220 g/mol. The van der Waals surface area contributed by atoms with Gasteiger partial charge in [0.05, 0.1) is 0 Å². The van der Waals surface area contributed by atoms with E-state index < -0.39 is 0 Å². The van der Waals surface area contributed by atoms with Crippen molar-refractivity contribution < 1.29 is 14.3 Å². The van der Waals surface area contributed by atoms with Crippen LogP contribution in [0, 0.1) is 5.92 Å². The highest BCUT2D eigenvalue weighted by atomic mass is 16.5. The molecule has 1 heterocycles. The molecule has 100 valence electrons. The molecule has 1 fully saturated rings. The number of nitrogens with two attached hydrogens (primary N) is 1. The van der Waals surface area contributed by atoms with E-state index in [0.717, 1.165) is 58.5 Å². The van der Waals surface area contributed by atoms with Crippen LogP contribution in [0.4, 0.5) is 0 Å². The second kappa shape index (κ2) is 9.39. The van der Waals surface area contributed by atoms with E-state index in [-0.39, 0.29) is 5.91 Å². The van der Waals surface area contributed by atoms with Gasteiger partial charge in [0.15, 0.2) is 0 Å². The summed E-state index contributed by atoms with van der Waals surface area (Å²) in [7, 11) is 0. The quantitative estimate of drug-likeness (QED) is 0.289. The molecule has 17 heavy (non-hydrogen) atoms. The molecule has 0 bridgehead atoms. The Morgan fingerprint density at radius 1 is 1.29 bits per heavy atom. The van der Waals surface area contributed by atoms with Crippen molar-refractivity contribution in [2.24, 2.45) is 11.8 Å². The Morgan fingerprint density at radius 3 is 2.76 bits per heavy atom. The molecule has 1 aliphatic heterocycles. The lowest BCUT2D eigenvalue weighted by molar-refractivity contribution is -0.121. The van der Waals surface area contributed by atoms with Gasteiger partial charge in [-0.05, 0) is 31.6 Å². The first-order valence-electron chi connectivity index (χ1n) is 6.48. The number of hydrogen-bond acceptors (Lipinski definition) is 4. The van der Waals surface area contributed by atoms with Crippen LogP contribution in [0.2, 0.25) is 0 Å². The van der Waals surface area contributed by atoms with Gasteiger partial charge in [0.2, 0.25) is 5.91 Å². The van der Waals surface area contributed by atoms with Gasteiger partial charge < -0.3 is 9.47 Å². The summed E-state index contributed by atoms with van der Waals surface area (Å²) in [6.07, 6.45) is 5.66. The minimum atomic E-state index is -0.0897. The number of carbonyl (C=O) groups is 1. The lowest BCUT2D eigenvalue weighted by Gasteiger charge is -2.21. The monoisotopic (exact) mass is 244 g/mol. The van der Waals surface area contributed by atoms with Crippen LogP contribution in [0.1, 0.15) is 38.5 Å². The lowest BCUT2D eigenvalue weighted by Crippen LogP contribution is -2.29. The first-order valence-corrected chi connectivity index (χ1v) is 6.48. The molecule has 1 aliphatic rings. The van der Waals surface area contributed by atoms with Gasteiger partial charge in [0.1, 0.15) is 0 Å². The molecule has 5 heteroatoms. The number of nitrogens with one attached hydrogen (secondary N) is 1. The number of amides is 1. The van der Waals surface area contributed by atoms with Crippen LogP contribution in [0.25, 0.3) is 0 Å². The van der Waals surface area contributed by atoms with Crippen molar-refractivity contribution in [2.75, 3.05) is 26.4 Å². The van der Waals surface area contributed by atoms with Crippen molar-refractivity contribution in [2.45, 2.75) is 38.5 Å². The third-order valence-corrected chi connectivity index (χ3v) is 3.05. The van der Waals surface area contributed by atoms with Gasteiger partial charge in [-0.3, -0.25) is 10.2 Å². The maximum absolute atomic E-state index is 10.8. The Labute approximate surface area is 103 Å². The van der Waals surface area contributed by atoms with Gasteiger partial charge in [0, 0.05) is 32.8 Å². The van der Waals surface area contributed by atoms with Gasteiger partial charge in [-0.2, -0.15) is 0 Å². The molecule has 5 nitrogen and oxygen atoms in total. The molecular formula is C12H24N2O3. The molecule has 0 aromatic rings. The van der Waals surface area contributed by atoms with Crippen molar-refractivity contribution in [3.05, 3.63) is 0 Å². The number of unbranched alkanes of at least 4 members (excludes halogenated alkanes) is 2. The zero-order chi connectivity index (χ0) is 12.3. The molecule has 1 rings (SSSR count). The minimum Gasteiger partial charge on any atom is -0.381 e. The summed E-state index contributed by atoms with van der Waals surface area (Å²) >= 11 is 0. The fourth-order valence-electron chi connectivity index (χ4n) is 1.90. The van der Waals surface area contributed by atoms with E-state index in [1.807, 2.05) is 0 Å². The van der Waals surface area contributed by atoms with E-state index in [4.69, 9.17) is 15.3 Å². The number of hydrogen-bond donors (Lipinski definition) is 2. The first-order chi connectivity index (χ1) is 8.33. The van der Waals surface area contributed by atoms with Crippen molar-refractivity contribution in [1.82, 2.24) is 5.43 Å². The molecule has 0 unspecified atom stereocenters. The van der Waals surface area contributed by atoms with Gasteiger partial charge >= 0.3 is 0 Å². The van der Waals surface area contributed by atoms with Crippen molar-refractivity contribution in [3.63, 3.8) is 0 Å². The molecule has 0 aromatic carbocycles. The third-order valence-electron chi connectivity index (χ3n) is 3.05. The zero-order valence-corrected chi connectivity index (χ0v) is 10.5. The second-order valence-corrected chi connectivity index (χ2v) is 4.51. The smallest absolute Gasteiger partial charge is 0.233 e. The van der Waals surface area contributed by atoms with E-state index in [2.05, 4.69) is 5.43 Å². The maximum Gasteiger partial charge on any atom is 0.233 e. The van der Waals surface area contributed by atoms with Crippen LogP contribution >= 0.6 is 0 Å². The Morgan fingerprint density at radius 2 is 2.06 bits per heavy atom. The lowest BCUT2D eigenvalue weighted by atomic mass is 10.0. The maximum atomic E-state index is 10.8. The van der Waals surface area contributed by atoms with Crippen LogP contribution in [0.15, 0.2) is 0 Å². The fraction of sp³-hybridized carbons (Fsp3) is 0.917. The highest BCUT2D eigenvalue weighted by molar-refractivity contribution is 5.74. The number of rotatable bonds is 8. The second-order valence-electron chi connectivity index (χ2n) is 4.51. The van der Waals surface area contributed by atoms with E-state index in [9.17, 15) is 4.79 Å². The van der Waals surface area contributed by atoms with Crippen molar-refractivity contribution in [1.29, 1.82) is 0 Å². The summed E-state index contributed by atoms with van der Waals surface area (Å²) in [6, 6.07) is 0. The van der Waals surface area contributed by atoms with E-state index in [1.165, 1.54) is 0 Å². The SMILES string of the molecule is NNC(=O)CCCCCOCC1CCOCC1. The number of hydrazine groups is 1. The first kappa shape index (κ1) is 14.4. The van der Waals surface area contributed by atoms with Crippen molar-refractivity contribution in [3.8, 4) is 0 Å². The Hall–Kier alpha value is -0.650. The average Bonchev–Trinajstić information content (AvgIpc) is 2.38. The fourth-order valence-corrected chi connectivity index (χ4v) is 1.90.